The normalized spacial score (nSPS) is 17.4. The van der Waals surface area contributed by atoms with Crippen molar-refractivity contribution < 1.29 is 0 Å². The van der Waals surface area contributed by atoms with E-state index >= 15 is 0 Å². The van der Waals surface area contributed by atoms with Gasteiger partial charge in [0.15, 0.2) is 0 Å². The van der Waals surface area contributed by atoms with Crippen molar-refractivity contribution in [3.8, 4) is 11.4 Å². The maximum Gasteiger partial charge on any atom is 0.260 e. The molecule has 6 heteroatoms. The third-order valence-corrected chi connectivity index (χ3v) is 5.69. The summed E-state index contributed by atoms with van der Waals surface area (Å²) in [5, 5.41) is 0.740. The monoisotopic (exact) mass is 327 g/mol. The van der Waals surface area contributed by atoms with Gasteiger partial charge in [0, 0.05) is 29.8 Å². The lowest BCUT2D eigenvalue weighted by Crippen LogP contribution is -2.16. The number of rotatable bonds is 1. The molecule has 0 amide bonds. The zero-order chi connectivity index (χ0) is 16.1. The average molecular weight is 327 g/mol. The number of nitrogens with one attached hydrogen (secondary N) is 1. The molecule has 1 aliphatic carbocycles. The average Bonchev–Trinajstić information content (AvgIpc) is 2.87. The van der Waals surface area contributed by atoms with Crippen LogP contribution in [0.5, 0.6) is 0 Å². The van der Waals surface area contributed by atoms with E-state index in [1.165, 1.54) is 21.1 Å². The fourth-order valence-electron chi connectivity index (χ4n) is 3.18. The van der Waals surface area contributed by atoms with Gasteiger partial charge >= 0.3 is 0 Å². The van der Waals surface area contributed by atoms with Gasteiger partial charge in [-0.3, -0.25) is 9.59 Å². The van der Waals surface area contributed by atoms with E-state index in [0.29, 0.717) is 17.3 Å². The Morgan fingerprint density at radius 1 is 1.39 bits per heavy atom. The Kier molecular flexibility index (Phi) is 3.23. The molecule has 3 heterocycles. The van der Waals surface area contributed by atoms with Crippen molar-refractivity contribution in [2.75, 3.05) is 0 Å². The zero-order valence-corrected chi connectivity index (χ0v) is 13.9. The summed E-state index contributed by atoms with van der Waals surface area (Å²) in [7, 11) is 1.69. The molecule has 1 N–H and O–H groups in total. The Labute approximate surface area is 136 Å². The van der Waals surface area contributed by atoms with E-state index in [9.17, 15) is 9.59 Å². The summed E-state index contributed by atoms with van der Waals surface area (Å²) < 4.78 is 1.49. The molecule has 5 nitrogen and oxygen atoms in total. The molecule has 3 aromatic heterocycles. The van der Waals surface area contributed by atoms with Crippen LogP contribution in [0.15, 0.2) is 27.9 Å². The van der Waals surface area contributed by atoms with Gasteiger partial charge in [-0.1, -0.05) is 6.92 Å². The third-order valence-electron chi connectivity index (χ3n) is 4.54. The molecule has 118 valence electrons. The van der Waals surface area contributed by atoms with Crippen LogP contribution in [-0.4, -0.2) is 14.5 Å². The van der Waals surface area contributed by atoms with E-state index in [1.54, 1.807) is 30.6 Å². The van der Waals surface area contributed by atoms with Gasteiger partial charge in [0.25, 0.3) is 11.1 Å². The number of pyridine rings is 1. The van der Waals surface area contributed by atoms with Gasteiger partial charge in [-0.05, 0) is 36.8 Å². The standard InChI is InChI=1S/C17H17N3O2S/c1-9-3-4-11-12(7-9)23-17-14(11)16(22)18-15(19-17)10-5-6-20(2)13(21)8-10/h5-6,8-9H,3-4,7H2,1-2H3,(H,18,19,22). The van der Waals surface area contributed by atoms with Gasteiger partial charge in [-0.15, -0.1) is 11.3 Å². The number of aromatic amines is 1. The van der Waals surface area contributed by atoms with Crippen molar-refractivity contribution >= 4 is 21.6 Å². The molecular formula is C17H17N3O2S. The lowest BCUT2D eigenvalue weighted by Gasteiger charge is -2.17. The number of aromatic nitrogens is 3. The summed E-state index contributed by atoms with van der Waals surface area (Å²) in [5.41, 5.74) is 1.60. The van der Waals surface area contributed by atoms with E-state index in [-0.39, 0.29) is 11.1 Å². The van der Waals surface area contributed by atoms with Crippen LogP contribution in [0.2, 0.25) is 0 Å². The molecular weight excluding hydrogens is 310 g/mol. The van der Waals surface area contributed by atoms with Gasteiger partial charge in [0.1, 0.15) is 10.7 Å². The molecule has 0 radical (unpaired) electrons. The molecule has 3 aromatic rings. The lowest BCUT2D eigenvalue weighted by atomic mass is 9.89. The summed E-state index contributed by atoms with van der Waals surface area (Å²) in [5.74, 6) is 1.12. The van der Waals surface area contributed by atoms with Crippen molar-refractivity contribution in [2.24, 2.45) is 13.0 Å². The maximum atomic E-state index is 12.6. The smallest absolute Gasteiger partial charge is 0.260 e. The van der Waals surface area contributed by atoms with Gasteiger partial charge in [0.05, 0.1) is 5.39 Å². The van der Waals surface area contributed by atoms with Crippen LogP contribution in [0.4, 0.5) is 0 Å². The minimum absolute atomic E-state index is 0.0993. The predicted molar refractivity (Wildman–Crippen MR) is 92.1 cm³/mol. The molecule has 1 aliphatic rings. The first kappa shape index (κ1) is 14.4. The zero-order valence-electron chi connectivity index (χ0n) is 13.0. The number of nitrogens with zero attached hydrogens (tertiary/aromatic N) is 2. The number of fused-ring (bicyclic) bond motifs is 3. The van der Waals surface area contributed by atoms with Gasteiger partial charge < -0.3 is 9.55 Å². The first-order valence-corrected chi connectivity index (χ1v) is 8.56. The molecule has 0 aliphatic heterocycles. The Balaban J connectivity index is 1.92. The predicted octanol–water partition coefficient (Wildman–Crippen LogP) is 2.48. The molecule has 0 saturated heterocycles. The fourth-order valence-corrected chi connectivity index (χ4v) is 4.56. The summed E-state index contributed by atoms with van der Waals surface area (Å²) >= 11 is 1.62. The van der Waals surface area contributed by atoms with Crippen molar-refractivity contribution in [1.29, 1.82) is 0 Å². The second kappa shape index (κ2) is 5.16. The van der Waals surface area contributed by atoms with Gasteiger partial charge in [0.2, 0.25) is 0 Å². The third kappa shape index (κ3) is 2.34. The summed E-state index contributed by atoms with van der Waals surface area (Å²) in [4.78, 5) is 33.9. The molecule has 0 spiro atoms. The number of hydrogen-bond acceptors (Lipinski definition) is 4. The molecule has 1 unspecified atom stereocenters. The van der Waals surface area contributed by atoms with Crippen molar-refractivity contribution in [3.63, 3.8) is 0 Å². The second-order valence-electron chi connectivity index (χ2n) is 6.31. The molecule has 0 saturated carbocycles. The number of aryl methyl sites for hydroxylation is 2. The van der Waals surface area contributed by atoms with E-state index in [2.05, 4.69) is 16.9 Å². The second-order valence-corrected chi connectivity index (χ2v) is 7.39. The van der Waals surface area contributed by atoms with Crippen molar-refractivity contribution in [1.82, 2.24) is 14.5 Å². The lowest BCUT2D eigenvalue weighted by molar-refractivity contribution is 0.509. The SMILES string of the molecule is CC1CCc2c(sc3nc(-c4ccn(C)c(=O)c4)[nH]c(=O)c23)C1. The summed E-state index contributed by atoms with van der Waals surface area (Å²) in [6, 6.07) is 3.29. The van der Waals surface area contributed by atoms with Crippen LogP contribution in [0.25, 0.3) is 21.6 Å². The molecule has 0 aromatic carbocycles. The van der Waals surface area contributed by atoms with Crippen LogP contribution in [0.3, 0.4) is 0 Å². The molecule has 4 rings (SSSR count). The highest BCUT2D eigenvalue weighted by Crippen LogP contribution is 2.36. The first-order chi connectivity index (χ1) is 11.0. The van der Waals surface area contributed by atoms with Crippen LogP contribution in [0.1, 0.15) is 23.8 Å². The number of thiophene rings is 1. The Hall–Kier alpha value is -2.21. The molecule has 0 bridgehead atoms. The maximum absolute atomic E-state index is 12.6. The largest absolute Gasteiger partial charge is 0.319 e. The van der Waals surface area contributed by atoms with Crippen molar-refractivity contribution in [2.45, 2.75) is 26.2 Å². The quantitative estimate of drug-likeness (QED) is 0.746. The molecule has 1 atom stereocenters. The Morgan fingerprint density at radius 2 is 2.22 bits per heavy atom. The van der Waals surface area contributed by atoms with E-state index in [0.717, 1.165) is 29.5 Å². The van der Waals surface area contributed by atoms with E-state index < -0.39 is 0 Å². The highest BCUT2D eigenvalue weighted by Gasteiger charge is 2.23. The van der Waals surface area contributed by atoms with Gasteiger partial charge in [-0.2, -0.15) is 0 Å². The summed E-state index contributed by atoms with van der Waals surface area (Å²) in [6.45, 7) is 2.25. The van der Waals surface area contributed by atoms with Crippen LogP contribution in [-0.2, 0) is 19.9 Å². The number of hydrogen-bond donors (Lipinski definition) is 1. The molecule has 23 heavy (non-hydrogen) atoms. The molecule has 0 fully saturated rings. The minimum Gasteiger partial charge on any atom is -0.319 e. The Morgan fingerprint density at radius 3 is 3.00 bits per heavy atom. The first-order valence-electron chi connectivity index (χ1n) is 7.74. The highest BCUT2D eigenvalue weighted by molar-refractivity contribution is 7.18. The van der Waals surface area contributed by atoms with E-state index in [4.69, 9.17) is 0 Å². The topological polar surface area (TPSA) is 67.8 Å². The minimum atomic E-state index is -0.121. The highest BCUT2D eigenvalue weighted by atomic mass is 32.1. The fraction of sp³-hybridized carbons (Fsp3) is 0.353. The summed E-state index contributed by atoms with van der Waals surface area (Å²) in [6.07, 6.45) is 4.78. The van der Waals surface area contributed by atoms with Crippen LogP contribution < -0.4 is 11.1 Å². The van der Waals surface area contributed by atoms with Crippen molar-refractivity contribution in [3.05, 3.63) is 49.5 Å². The van der Waals surface area contributed by atoms with Crippen LogP contribution >= 0.6 is 11.3 Å². The van der Waals surface area contributed by atoms with Gasteiger partial charge in [-0.25, -0.2) is 4.98 Å². The van der Waals surface area contributed by atoms with Crippen LogP contribution in [0, 0.1) is 5.92 Å². The Bertz CT molecular complexity index is 1030. The number of H-pyrrole nitrogens is 1. The van der Waals surface area contributed by atoms with E-state index in [1.807, 2.05) is 0 Å².